The van der Waals surface area contributed by atoms with E-state index in [4.69, 9.17) is 10.8 Å². The number of thiazole rings is 1. The number of nitrogen functional groups attached to an aromatic ring is 1. The highest BCUT2D eigenvalue weighted by atomic mass is 32.1. The molecule has 4 N–H and O–H groups in total. The molecule has 1 amide bonds. The number of aromatic nitrogens is 1. The number of carbonyl (C=O) groups excluding carboxylic acids is 1. The van der Waals surface area contributed by atoms with Crippen LogP contribution < -0.4 is 11.1 Å². The van der Waals surface area contributed by atoms with Crippen molar-refractivity contribution in [2.24, 2.45) is 0 Å². The number of hydrogen-bond donors (Lipinski definition) is 3. The van der Waals surface area contributed by atoms with E-state index in [9.17, 15) is 18.0 Å². The first kappa shape index (κ1) is 13.7. The van der Waals surface area contributed by atoms with Crippen molar-refractivity contribution < 1.29 is 23.1 Å². The lowest BCUT2D eigenvalue weighted by Gasteiger charge is -2.14. The molecule has 5 nitrogen and oxygen atoms in total. The summed E-state index contributed by atoms with van der Waals surface area (Å²) < 4.78 is 35.7. The van der Waals surface area contributed by atoms with Crippen LogP contribution in [0.2, 0.25) is 0 Å². The van der Waals surface area contributed by atoms with E-state index in [-0.39, 0.29) is 11.6 Å². The molecule has 0 saturated heterocycles. The van der Waals surface area contributed by atoms with Gasteiger partial charge in [0.1, 0.15) is 0 Å². The number of hydrogen-bond acceptors (Lipinski definition) is 5. The highest BCUT2D eigenvalue weighted by Gasteiger charge is 2.38. The van der Waals surface area contributed by atoms with Crippen molar-refractivity contribution in [3.63, 3.8) is 0 Å². The van der Waals surface area contributed by atoms with Gasteiger partial charge >= 0.3 is 6.18 Å². The average Bonchev–Trinajstić information content (AvgIpc) is 2.58. The van der Waals surface area contributed by atoms with Gasteiger partial charge in [0.15, 0.2) is 11.2 Å². The normalized spacial score (nSPS) is 13.4. The zero-order valence-corrected chi connectivity index (χ0v) is 9.31. The van der Waals surface area contributed by atoms with Gasteiger partial charge in [-0.05, 0) is 0 Å². The summed E-state index contributed by atoms with van der Waals surface area (Å²) in [4.78, 5) is 15.0. The summed E-state index contributed by atoms with van der Waals surface area (Å²) in [5, 5.41) is 12.4. The molecule has 0 radical (unpaired) electrons. The van der Waals surface area contributed by atoms with Crippen LogP contribution in [-0.4, -0.2) is 34.8 Å². The van der Waals surface area contributed by atoms with Crippen LogP contribution in [0.1, 0.15) is 5.69 Å². The van der Waals surface area contributed by atoms with Gasteiger partial charge in [0.2, 0.25) is 5.91 Å². The van der Waals surface area contributed by atoms with Gasteiger partial charge in [-0.1, -0.05) is 0 Å². The highest BCUT2D eigenvalue weighted by Crippen LogP contribution is 2.19. The van der Waals surface area contributed by atoms with Crippen molar-refractivity contribution >= 4 is 22.4 Å². The minimum atomic E-state index is -4.74. The van der Waals surface area contributed by atoms with Crippen molar-refractivity contribution in [3.8, 4) is 0 Å². The molecule has 9 heteroatoms. The SMILES string of the molecule is Nc1nc(CC(=O)NCC(O)C(F)(F)F)cs1. The molecule has 0 aliphatic carbocycles. The Labute approximate surface area is 98.5 Å². The minimum absolute atomic E-state index is 0.168. The summed E-state index contributed by atoms with van der Waals surface area (Å²) in [5.74, 6) is -0.654. The number of rotatable bonds is 4. The zero-order valence-electron chi connectivity index (χ0n) is 8.49. The third-order valence-electron chi connectivity index (χ3n) is 1.78. The predicted molar refractivity (Wildman–Crippen MR) is 55.3 cm³/mol. The van der Waals surface area contributed by atoms with E-state index in [1.54, 1.807) is 0 Å². The third-order valence-corrected chi connectivity index (χ3v) is 2.50. The van der Waals surface area contributed by atoms with Crippen LogP contribution in [0.15, 0.2) is 5.38 Å². The fourth-order valence-electron chi connectivity index (χ4n) is 0.957. The van der Waals surface area contributed by atoms with Crippen molar-refractivity contribution in [1.29, 1.82) is 0 Å². The minimum Gasteiger partial charge on any atom is -0.382 e. The first-order valence-corrected chi connectivity index (χ1v) is 5.38. The van der Waals surface area contributed by atoms with Crippen LogP contribution in [0, 0.1) is 0 Å². The Morgan fingerprint density at radius 2 is 2.29 bits per heavy atom. The number of anilines is 1. The van der Waals surface area contributed by atoms with E-state index in [2.05, 4.69) is 4.98 Å². The van der Waals surface area contributed by atoms with Gasteiger partial charge in [0, 0.05) is 5.38 Å². The van der Waals surface area contributed by atoms with Gasteiger partial charge in [-0.3, -0.25) is 4.79 Å². The Morgan fingerprint density at radius 3 is 2.76 bits per heavy atom. The maximum atomic E-state index is 11.9. The van der Waals surface area contributed by atoms with E-state index in [1.807, 2.05) is 5.32 Å². The van der Waals surface area contributed by atoms with Gasteiger partial charge in [-0.2, -0.15) is 13.2 Å². The first-order chi connectivity index (χ1) is 7.79. The van der Waals surface area contributed by atoms with Gasteiger partial charge in [-0.15, -0.1) is 11.3 Å². The van der Waals surface area contributed by atoms with Crippen LogP contribution in [-0.2, 0) is 11.2 Å². The maximum absolute atomic E-state index is 11.9. The fourth-order valence-corrected chi connectivity index (χ4v) is 1.52. The fraction of sp³-hybridized carbons (Fsp3) is 0.500. The molecule has 1 rings (SSSR count). The molecule has 1 atom stereocenters. The zero-order chi connectivity index (χ0) is 13.1. The molecule has 0 aliphatic heterocycles. The summed E-state index contributed by atoms with van der Waals surface area (Å²) in [6.07, 6.45) is -7.47. The van der Waals surface area contributed by atoms with E-state index in [1.165, 1.54) is 5.38 Å². The smallest absolute Gasteiger partial charge is 0.382 e. The largest absolute Gasteiger partial charge is 0.416 e. The number of carbonyl (C=O) groups is 1. The number of aliphatic hydroxyl groups is 1. The maximum Gasteiger partial charge on any atom is 0.416 e. The topological polar surface area (TPSA) is 88.2 Å². The molecule has 1 aromatic rings. The molecule has 0 saturated carbocycles. The molecule has 0 bridgehead atoms. The number of nitrogens with two attached hydrogens (primary N) is 1. The first-order valence-electron chi connectivity index (χ1n) is 4.50. The number of alkyl halides is 3. The standard InChI is InChI=1S/C8H10F3N3O2S/c9-8(10,11)5(15)2-13-6(16)1-4-3-17-7(12)14-4/h3,5,15H,1-2H2,(H2,12,14)(H,13,16). The lowest BCUT2D eigenvalue weighted by Crippen LogP contribution is -2.41. The van der Waals surface area contributed by atoms with Gasteiger partial charge in [0.05, 0.1) is 18.7 Å². The third kappa shape index (κ3) is 4.57. The Balaban J connectivity index is 2.36. The summed E-state index contributed by atoms with van der Waals surface area (Å²) >= 11 is 1.13. The van der Waals surface area contributed by atoms with Crippen molar-refractivity contribution in [1.82, 2.24) is 10.3 Å². The second-order valence-electron chi connectivity index (χ2n) is 3.22. The van der Waals surface area contributed by atoms with E-state index in [0.29, 0.717) is 5.69 Å². The van der Waals surface area contributed by atoms with Crippen molar-refractivity contribution in [2.75, 3.05) is 12.3 Å². The molecule has 0 fully saturated rings. The molecular weight excluding hydrogens is 259 g/mol. The van der Waals surface area contributed by atoms with Crippen LogP contribution in [0.5, 0.6) is 0 Å². The van der Waals surface area contributed by atoms with Gasteiger partial charge < -0.3 is 16.2 Å². The molecule has 96 valence electrons. The Bertz CT molecular complexity index is 394. The number of aliphatic hydroxyl groups excluding tert-OH is 1. The quantitative estimate of drug-likeness (QED) is 0.734. The Morgan fingerprint density at radius 1 is 1.65 bits per heavy atom. The lowest BCUT2D eigenvalue weighted by molar-refractivity contribution is -0.201. The Hall–Kier alpha value is -1.35. The molecule has 1 unspecified atom stereocenters. The average molecular weight is 269 g/mol. The van der Waals surface area contributed by atoms with Crippen LogP contribution in [0.3, 0.4) is 0 Å². The molecule has 0 aromatic carbocycles. The Kier molecular flexibility index (Phi) is 4.29. The summed E-state index contributed by atoms with van der Waals surface area (Å²) in [5.41, 5.74) is 5.70. The highest BCUT2D eigenvalue weighted by molar-refractivity contribution is 7.13. The molecule has 1 heterocycles. The monoisotopic (exact) mass is 269 g/mol. The molecule has 0 aliphatic rings. The molecular formula is C8H10F3N3O2S. The summed E-state index contributed by atoms with van der Waals surface area (Å²) in [6, 6.07) is 0. The second-order valence-corrected chi connectivity index (χ2v) is 4.11. The molecule has 17 heavy (non-hydrogen) atoms. The van der Waals surface area contributed by atoms with Crippen molar-refractivity contribution in [2.45, 2.75) is 18.7 Å². The lowest BCUT2D eigenvalue weighted by atomic mass is 10.3. The van der Waals surface area contributed by atoms with Crippen molar-refractivity contribution in [3.05, 3.63) is 11.1 Å². The summed E-state index contributed by atoms with van der Waals surface area (Å²) in [7, 11) is 0. The number of halogens is 3. The van der Waals surface area contributed by atoms with Crippen LogP contribution in [0.25, 0.3) is 0 Å². The van der Waals surface area contributed by atoms with Gasteiger partial charge in [0.25, 0.3) is 0 Å². The van der Waals surface area contributed by atoms with E-state index in [0.717, 1.165) is 11.3 Å². The number of amides is 1. The predicted octanol–water partition coefficient (Wildman–Crippen LogP) is 0.307. The molecule has 1 aromatic heterocycles. The van der Waals surface area contributed by atoms with Gasteiger partial charge in [-0.25, -0.2) is 4.98 Å². The van der Waals surface area contributed by atoms with Crippen LogP contribution >= 0.6 is 11.3 Å². The number of nitrogens with zero attached hydrogens (tertiary/aromatic N) is 1. The number of nitrogens with one attached hydrogen (secondary N) is 1. The van der Waals surface area contributed by atoms with E-state index < -0.39 is 24.7 Å². The van der Waals surface area contributed by atoms with E-state index >= 15 is 0 Å². The van der Waals surface area contributed by atoms with Crippen LogP contribution in [0.4, 0.5) is 18.3 Å². The summed E-state index contributed by atoms with van der Waals surface area (Å²) in [6.45, 7) is -0.873. The second kappa shape index (κ2) is 5.32. The molecule has 0 spiro atoms.